The van der Waals surface area contributed by atoms with E-state index in [1.54, 1.807) is 26.4 Å². The zero-order chi connectivity index (χ0) is 15.7. The fraction of sp³-hybridized carbons (Fsp3) is 0.176. The highest BCUT2D eigenvalue weighted by molar-refractivity contribution is 6.31. The molecule has 1 aliphatic rings. The molecule has 0 N–H and O–H groups in total. The second-order valence-electron chi connectivity index (χ2n) is 4.90. The molecule has 2 aromatic rings. The Morgan fingerprint density at radius 3 is 2.50 bits per heavy atom. The molecule has 0 unspecified atom stereocenters. The summed E-state index contributed by atoms with van der Waals surface area (Å²) >= 11 is 5.87. The van der Waals surface area contributed by atoms with E-state index in [1.807, 2.05) is 29.3 Å². The third-order valence-corrected chi connectivity index (χ3v) is 3.99. The molecule has 0 bridgehead atoms. The van der Waals surface area contributed by atoms with Crippen LogP contribution >= 0.6 is 11.6 Å². The van der Waals surface area contributed by atoms with Crippen LogP contribution < -0.4 is 14.4 Å². The normalized spacial score (nSPS) is 13.0. The Hall–Kier alpha value is -2.20. The van der Waals surface area contributed by atoms with Crippen molar-refractivity contribution in [1.29, 1.82) is 0 Å². The van der Waals surface area contributed by atoms with Gasteiger partial charge in [-0.2, -0.15) is 0 Å². The molecule has 3 rings (SSSR count). The molecule has 5 heteroatoms. The Kier molecular flexibility index (Phi) is 3.94. The SMILES string of the molecule is COc1ccc(OC)c2c1C=CN(c1ccc(F)c(Cl)c1)C2. The smallest absolute Gasteiger partial charge is 0.141 e. The Morgan fingerprint density at radius 2 is 1.82 bits per heavy atom. The molecule has 0 aromatic heterocycles. The number of hydrogen-bond donors (Lipinski definition) is 0. The molecule has 1 aliphatic heterocycles. The van der Waals surface area contributed by atoms with Crippen molar-refractivity contribution >= 4 is 23.4 Å². The molecule has 0 atom stereocenters. The molecule has 0 saturated carbocycles. The number of hydrogen-bond acceptors (Lipinski definition) is 3. The van der Waals surface area contributed by atoms with Gasteiger partial charge in [-0.05, 0) is 36.4 Å². The third-order valence-electron chi connectivity index (χ3n) is 3.70. The number of anilines is 1. The van der Waals surface area contributed by atoms with Crippen LogP contribution in [0.2, 0.25) is 5.02 Å². The third kappa shape index (κ3) is 2.50. The number of benzene rings is 2. The van der Waals surface area contributed by atoms with Crippen molar-refractivity contribution in [3.05, 3.63) is 58.5 Å². The summed E-state index contributed by atoms with van der Waals surface area (Å²) in [4.78, 5) is 1.98. The van der Waals surface area contributed by atoms with E-state index in [1.165, 1.54) is 6.07 Å². The summed E-state index contributed by atoms with van der Waals surface area (Å²) in [6, 6.07) is 8.44. The zero-order valence-corrected chi connectivity index (χ0v) is 13.0. The van der Waals surface area contributed by atoms with Crippen LogP contribution in [0.4, 0.5) is 10.1 Å². The minimum Gasteiger partial charge on any atom is -0.496 e. The molecule has 114 valence electrons. The van der Waals surface area contributed by atoms with E-state index in [2.05, 4.69) is 0 Å². The molecule has 0 saturated heterocycles. The Morgan fingerprint density at radius 1 is 1.09 bits per heavy atom. The van der Waals surface area contributed by atoms with Gasteiger partial charge in [0.25, 0.3) is 0 Å². The second-order valence-corrected chi connectivity index (χ2v) is 5.31. The summed E-state index contributed by atoms with van der Waals surface area (Å²) in [5.74, 6) is 1.16. The maximum atomic E-state index is 13.3. The van der Waals surface area contributed by atoms with E-state index >= 15 is 0 Å². The topological polar surface area (TPSA) is 21.7 Å². The quantitative estimate of drug-likeness (QED) is 0.832. The lowest BCUT2D eigenvalue weighted by molar-refractivity contribution is 0.397. The lowest BCUT2D eigenvalue weighted by Crippen LogP contribution is -2.20. The monoisotopic (exact) mass is 319 g/mol. The van der Waals surface area contributed by atoms with Crippen molar-refractivity contribution in [2.24, 2.45) is 0 Å². The van der Waals surface area contributed by atoms with E-state index in [4.69, 9.17) is 21.1 Å². The predicted molar refractivity (Wildman–Crippen MR) is 86.2 cm³/mol. The molecule has 22 heavy (non-hydrogen) atoms. The van der Waals surface area contributed by atoms with Crippen molar-refractivity contribution in [1.82, 2.24) is 0 Å². The highest BCUT2D eigenvalue weighted by Gasteiger charge is 2.20. The lowest BCUT2D eigenvalue weighted by atomic mass is 10.0. The number of fused-ring (bicyclic) bond motifs is 1. The van der Waals surface area contributed by atoms with Crippen LogP contribution in [-0.4, -0.2) is 14.2 Å². The van der Waals surface area contributed by atoms with E-state index in [-0.39, 0.29) is 5.02 Å². The van der Waals surface area contributed by atoms with Gasteiger partial charge < -0.3 is 14.4 Å². The highest BCUT2D eigenvalue weighted by Crippen LogP contribution is 2.37. The first-order chi connectivity index (χ1) is 10.6. The average molecular weight is 320 g/mol. The summed E-state index contributed by atoms with van der Waals surface area (Å²) in [5.41, 5.74) is 2.83. The molecule has 0 spiro atoms. The Labute approximate surface area is 133 Å². The zero-order valence-electron chi connectivity index (χ0n) is 12.3. The number of rotatable bonds is 3. The summed E-state index contributed by atoms with van der Waals surface area (Å²) in [6.07, 6.45) is 3.88. The standard InChI is InChI=1S/C17H15ClFNO2/c1-21-16-5-6-17(22-2)13-10-20(8-7-12(13)16)11-3-4-15(19)14(18)9-11/h3-9H,10H2,1-2H3. The van der Waals surface area contributed by atoms with Crippen LogP contribution in [0.5, 0.6) is 11.5 Å². The van der Waals surface area contributed by atoms with Gasteiger partial charge in [0.1, 0.15) is 17.3 Å². The fourth-order valence-electron chi connectivity index (χ4n) is 2.57. The van der Waals surface area contributed by atoms with E-state index in [0.29, 0.717) is 6.54 Å². The molecule has 0 radical (unpaired) electrons. The van der Waals surface area contributed by atoms with Crippen LogP contribution in [0.3, 0.4) is 0 Å². The molecule has 0 aliphatic carbocycles. The first kappa shape index (κ1) is 14.7. The predicted octanol–water partition coefficient (Wildman–Crippen LogP) is 4.49. The summed E-state index contributed by atoms with van der Waals surface area (Å²) < 4.78 is 24.1. The lowest BCUT2D eigenvalue weighted by Gasteiger charge is -2.27. The second kappa shape index (κ2) is 5.89. The largest absolute Gasteiger partial charge is 0.496 e. The van der Waals surface area contributed by atoms with Crippen molar-refractivity contribution < 1.29 is 13.9 Å². The van der Waals surface area contributed by atoms with Crippen molar-refractivity contribution in [2.45, 2.75) is 6.54 Å². The van der Waals surface area contributed by atoms with E-state index in [0.717, 1.165) is 28.3 Å². The summed E-state index contributed by atoms with van der Waals surface area (Å²) in [7, 11) is 3.28. The fourth-order valence-corrected chi connectivity index (χ4v) is 2.74. The first-order valence-corrected chi connectivity index (χ1v) is 7.15. The van der Waals surface area contributed by atoms with Crippen LogP contribution in [0.25, 0.3) is 6.08 Å². The van der Waals surface area contributed by atoms with Crippen LogP contribution in [0.15, 0.2) is 36.5 Å². The van der Waals surface area contributed by atoms with Gasteiger partial charge in [0, 0.05) is 23.0 Å². The molecule has 3 nitrogen and oxygen atoms in total. The van der Waals surface area contributed by atoms with Crippen LogP contribution in [0, 0.1) is 5.82 Å². The Bertz CT molecular complexity index is 746. The summed E-state index contributed by atoms with van der Waals surface area (Å²) in [5, 5.41) is 0.106. The van der Waals surface area contributed by atoms with Gasteiger partial charge in [0.05, 0.1) is 25.8 Å². The van der Waals surface area contributed by atoms with Gasteiger partial charge in [-0.1, -0.05) is 11.6 Å². The van der Waals surface area contributed by atoms with Gasteiger partial charge >= 0.3 is 0 Å². The number of nitrogens with zero attached hydrogens (tertiary/aromatic N) is 1. The minimum absolute atomic E-state index is 0.106. The number of halogens is 2. The van der Waals surface area contributed by atoms with Gasteiger partial charge in [0.15, 0.2) is 0 Å². The van der Waals surface area contributed by atoms with Gasteiger partial charge in [-0.3, -0.25) is 0 Å². The molecule has 0 amide bonds. The summed E-state index contributed by atoms with van der Waals surface area (Å²) in [6.45, 7) is 0.591. The van der Waals surface area contributed by atoms with Gasteiger partial charge in [-0.15, -0.1) is 0 Å². The van der Waals surface area contributed by atoms with Crippen LogP contribution in [-0.2, 0) is 6.54 Å². The first-order valence-electron chi connectivity index (χ1n) is 6.78. The number of ether oxygens (including phenoxy) is 2. The molecule has 1 heterocycles. The number of methoxy groups -OCH3 is 2. The maximum absolute atomic E-state index is 13.3. The molecular formula is C17H15ClFNO2. The molecular weight excluding hydrogens is 305 g/mol. The molecule has 2 aromatic carbocycles. The van der Waals surface area contributed by atoms with E-state index < -0.39 is 5.82 Å². The minimum atomic E-state index is -0.425. The van der Waals surface area contributed by atoms with E-state index in [9.17, 15) is 4.39 Å². The van der Waals surface area contributed by atoms with Crippen LogP contribution in [0.1, 0.15) is 11.1 Å². The van der Waals surface area contributed by atoms with Crippen molar-refractivity contribution in [3.8, 4) is 11.5 Å². The van der Waals surface area contributed by atoms with Gasteiger partial charge in [0.2, 0.25) is 0 Å². The average Bonchev–Trinajstić information content (AvgIpc) is 2.55. The molecule has 0 fully saturated rings. The van der Waals surface area contributed by atoms with Crippen molar-refractivity contribution in [2.75, 3.05) is 19.1 Å². The van der Waals surface area contributed by atoms with Crippen molar-refractivity contribution in [3.63, 3.8) is 0 Å². The Balaban J connectivity index is 2.02. The van der Waals surface area contributed by atoms with Gasteiger partial charge in [-0.25, -0.2) is 4.39 Å². The highest BCUT2D eigenvalue weighted by atomic mass is 35.5. The maximum Gasteiger partial charge on any atom is 0.141 e.